The van der Waals surface area contributed by atoms with Gasteiger partial charge in [-0.05, 0) is 11.6 Å². The molecule has 3 rings (SSSR count). The molecule has 1 aromatic heterocycles. The third-order valence-corrected chi connectivity index (χ3v) is 2.49. The number of H-pyrrole nitrogens is 1. The van der Waals surface area contributed by atoms with Crippen LogP contribution in [0.25, 0.3) is 11.0 Å². The molecule has 0 bridgehead atoms. The second kappa shape index (κ2) is 2.80. The molecule has 0 spiro atoms. The summed E-state index contributed by atoms with van der Waals surface area (Å²) in [5, 5.41) is 10.9. The van der Waals surface area contributed by atoms with Gasteiger partial charge in [-0.25, -0.2) is 0 Å². The molecule has 0 atom stereocenters. The summed E-state index contributed by atoms with van der Waals surface area (Å²) in [4.78, 5) is 0. The highest BCUT2D eigenvalue weighted by atomic mass is 15.3. The van der Waals surface area contributed by atoms with Crippen molar-refractivity contribution >= 4 is 11.0 Å². The highest BCUT2D eigenvalue weighted by Gasteiger charge is 2.12. The number of benzene rings is 1. The van der Waals surface area contributed by atoms with Gasteiger partial charge < -0.3 is 0 Å². The van der Waals surface area contributed by atoms with Gasteiger partial charge >= 0.3 is 0 Å². The van der Waals surface area contributed by atoms with Crippen LogP contribution in [-0.4, -0.2) is 15.4 Å². The van der Waals surface area contributed by atoms with Gasteiger partial charge in [0, 0.05) is 5.92 Å². The van der Waals surface area contributed by atoms with E-state index in [4.69, 9.17) is 0 Å². The first-order valence-corrected chi connectivity index (χ1v) is 4.59. The molecule has 1 aromatic carbocycles. The van der Waals surface area contributed by atoms with E-state index < -0.39 is 0 Å². The predicted octanol–water partition coefficient (Wildman–Crippen LogP) is 2.17. The molecule has 14 heavy (non-hydrogen) atoms. The topological polar surface area (TPSA) is 41.6 Å². The number of nitrogens with zero attached hydrogens (tertiary/aromatic N) is 2. The van der Waals surface area contributed by atoms with Crippen molar-refractivity contribution in [3.8, 4) is 0 Å². The van der Waals surface area contributed by atoms with Gasteiger partial charge in [0.2, 0.25) is 0 Å². The minimum atomic E-state index is 0.351. The summed E-state index contributed by atoms with van der Waals surface area (Å²) < 4.78 is 0. The average Bonchev–Trinajstić information content (AvgIpc) is 2.88. The molecule has 0 radical (unpaired) electrons. The van der Waals surface area contributed by atoms with Gasteiger partial charge in [-0.15, -0.1) is 0 Å². The van der Waals surface area contributed by atoms with Crippen LogP contribution in [-0.2, 0) is 0 Å². The van der Waals surface area contributed by atoms with Crippen LogP contribution in [0.4, 0.5) is 0 Å². The van der Waals surface area contributed by atoms with Gasteiger partial charge in [-0.3, -0.25) is 0 Å². The van der Waals surface area contributed by atoms with Crippen molar-refractivity contribution in [3.63, 3.8) is 0 Å². The summed E-state index contributed by atoms with van der Waals surface area (Å²) in [5.41, 5.74) is 3.10. The zero-order valence-electron chi connectivity index (χ0n) is 7.51. The Morgan fingerprint density at radius 3 is 2.79 bits per heavy atom. The highest BCUT2D eigenvalue weighted by Crippen LogP contribution is 2.27. The molecule has 0 saturated carbocycles. The summed E-state index contributed by atoms with van der Waals surface area (Å²) in [6.07, 6.45) is 8.43. The van der Waals surface area contributed by atoms with E-state index in [9.17, 15) is 0 Å². The van der Waals surface area contributed by atoms with Gasteiger partial charge in [-0.2, -0.15) is 15.4 Å². The Morgan fingerprint density at radius 1 is 1.07 bits per heavy atom. The van der Waals surface area contributed by atoms with E-state index in [1.165, 1.54) is 5.56 Å². The molecule has 0 fully saturated rings. The first-order chi connectivity index (χ1) is 6.95. The zero-order chi connectivity index (χ0) is 9.38. The van der Waals surface area contributed by atoms with Crippen molar-refractivity contribution in [1.29, 1.82) is 0 Å². The maximum Gasteiger partial charge on any atom is 0.117 e. The fraction of sp³-hybridized carbons (Fsp3) is 0.0909. The number of para-hydroxylation sites is 1. The number of aromatic amines is 1. The lowest BCUT2D eigenvalue weighted by molar-refractivity contribution is 0.955. The van der Waals surface area contributed by atoms with Crippen LogP contribution in [0.2, 0.25) is 0 Å². The van der Waals surface area contributed by atoms with Crippen molar-refractivity contribution in [2.75, 3.05) is 0 Å². The Kier molecular flexibility index (Phi) is 1.50. The monoisotopic (exact) mass is 183 g/mol. The number of rotatable bonds is 1. The van der Waals surface area contributed by atoms with E-state index in [1.54, 1.807) is 0 Å². The van der Waals surface area contributed by atoms with Crippen molar-refractivity contribution in [1.82, 2.24) is 15.4 Å². The molecular formula is C11H9N3. The molecule has 3 heteroatoms. The van der Waals surface area contributed by atoms with Gasteiger partial charge in [0.15, 0.2) is 0 Å². The minimum Gasteiger partial charge on any atom is -0.197 e. The lowest BCUT2D eigenvalue weighted by atomic mass is 9.99. The predicted molar refractivity (Wildman–Crippen MR) is 54.9 cm³/mol. The maximum atomic E-state index is 4.16. The Bertz CT molecular complexity index is 510. The van der Waals surface area contributed by atoms with Crippen molar-refractivity contribution in [2.24, 2.45) is 0 Å². The summed E-state index contributed by atoms with van der Waals surface area (Å²) >= 11 is 0. The Balaban J connectivity index is 2.24. The van der Waals surface area contributed by atoms with Crippen LogP contribution in [0.3, 0.4) is 0 Å². The number of aromatic nitrogens is 3. The van der Waals surface area contributed by atoms with Crippen LogP contribution < -0.4 is 0 Å². The lowest BCUT2D eigenvalue weighted by Gasteiger charge is -2.04. The Morgan fingerprint density at radius 2 is 1.93 bits per heavy atom. The molecule has 1 aliphatic carbocycles. The van der Waals surface area contributed by atoms with E-state index in [1.807, 2.05) is 12.1 Å². The smallest absolute Gasteiger partial charge is 0.117 e. The second-order valence-corrected chi connectivity index (χ2v) is 3.33. The van der Waals surface area contributed by atoms with Gasteiger partial charge in [0.25, 0.3) is 0 Å². The average molecular weight is 183 g/mol. The number of fused-ring (bicyclic) bond motifs is 1. The van der Waals surface area contributed by atoms with E-state index in [-0.39, 0.29) is 0 Å². The molecule has 1 heterocycles. The summed E-state index contributed by atoms with van der Waals surface area (Å²) in [6.45, 7) is 0. The van der Waals surface area contributed by atoms with E-state index >= 15 is 0 Å². The number of hydrogen-bond acceptors (Lipinski definition) is 2. The van der Waals surface area contributed by atoms with Crippen LogP contribution >= 0.6 is 0 Å². The quantitative estimate of drug-likeness (QED) is 0.736. The molecular weight excluding hydrogens is 174 g/mol. The van der Waals surface area contributed by atoms with Crippen molar-refractivity contribution in [2.45, 2.75) is 5.92 Å². The maximum absolute atomic E-state index is 4.16. The van der Waals surface area contributed by atoms with E-state index in [0.717, 1.165) is 11.0 Å². The van der Waals surface area contributed by atoms with Crippen molar-refractivity contribution in [3.05, 3.63) is 48.1 Å². The molecule has 1 aliphatic rings. The molecule has 0 aliphatic heterocycles. The van der Waals surface area contributed by atoms with Gasteiger partial charge in [0.1, 0.15) is 11.0 Å². The molecule has 0 unspecified atom stereocenters. The third-order valence-electron chi connectivity index (χ3n) is 2.49. The third kappa shape index (κ3) is 0.988. The van der Waals surface area contributed by atoms with Crippen LogP contribution in [0.5, 0.6) is 0 Å². The Labute approximate surface area is 81.1 Å². The number of allylic oxidation sites excluding steroid dienone is 4. The highest BCUT2D eigenvalue weighted by molar-refractivity contribution is 5.78. The van der Waals surface area contributed by atoms with Crippen molar-refractivity contribution < 1.29 is 0 Å². The fourth-order valence-corrected chi connectivity index (χ4v) is 1.80. The number of hydrogen-bond donors (Lipinski definition) is 1. The molecule has 3 nitrogen and oxygen atoms in total. The summed E-state index contributed by atoms with van der Waals surface area (Å²) in [6, 6.07) is 6.07. The standard InChI is InChI=1S/C11H9N3/c1-2-5-8(4-1)9-6-3-7-10-11(9)13-14-12-10/h1-8H,(H,12,13,14). The summed E-state index contributed by atoms with van der Waals surface area (Å²) in [5.74, 6) is 0.351. The largest absolute Gasteiger partial charge is 0.197 e. The van der Waals surface area contributed by atoms with Crippen LogP contribution in [0.15, 0.2) is 42.5 Å². The van der Waals surface area contributed by atoms with Crippen LogP contribution in [0, 0.1) is 0 Å². The molecule has 2 aromatic rings. The van der Waals surface area contributed by atoms with E-state index in [2.05, 4.69) is 45.8 Å². The van der Waals surface area contributed by atoms with Gasteiger partial charge in [0.05, 0.1) is 0 Å². The second-order valence-electron chi connectivity index (χ2n) is 3.33. The van der Waals surface area contributed by atoms with E-state index in [0.29, 0.717) is 5.92 Å². The molecule has 0 saturated heterocycles. The first-order valence-electron chi connectivity index (χ1n) is 4.59. The van der Waals surface area contributed by atoms with Crippen LogP contribution in [0.1, 0.15) is 11.5 Å². The normalized spacial score (nSPS) is 15.7. The first kappa shape index (κ1) is 7.50. The molecule has 1 N–H and O–H groups in total. The summed E-state index contributed by atoms with van der Waals surface area (Å²) in [7, 11) is 0. The lowest BCUT2D eigenvalue weighted by Crippen LogP contribution is -1.90. The SMILES string of the molecule is C1=CC(c2cccc3n[nH]nc23)C=C1. The minimum absolute atomic E-state index is 0.351. The zero-order valence-corrected chi connectivity index (χ0v) is 7.51. The van der Waals surface area contributed by atoms with Gasteiger partial charge in [-0.1, -0.05) is 36.4 Å². The molecule has 68 valence electrons. The number of nitrogens with one attached hydrogen (secondary N) is 1. The fourth-order valence-electron chi connectivity index (χ4n) is 1.80. The Hall–Kier alpha value is -1.90. The molecule has 0 amide bonds.